The summed E-state index contributed by atoms with van der Waals surface area (Å²) in [6, 6.07) is 24.3. The first-order chi connectivity index (χ1) is 19.0. The standard InChI is InChI=1S/C32H37ClN2O4/c1-2-34-19-10-3-4-11-20-35(31(36)24-38-28-16-12-15-26(33)22-28)27(21-25-13-6-5-7-14-25)23-39-30-18-9-8-17-29(30)32(34)37/h5-9,12-18,22,27H,2-4,10-11,19-21,23-24H2,1H3/t27-/m0/s1. The number of nitrogens with zero attached hydrogens (tertiary/aromatic N) is 2. The maximum absolute atomic E-state index is 13.6. The van der Waals surface area contributed by atoms with Crippen LogP contribution in [0.15, 0.2) is 78.9 Å². The van der Waals surface area contributed by atoms with Crippen molar-refractivity contribution in [2.75, 3.05) is 32.8 Å². The van der Waals surface area contributed by atoms with Crippen LogP contribution in [0.25, 0.3) is 0 Å². The fourth-order valence-electron chi connectivity index (χ4n) is 4.91. The number of amides is 2. The lowest BCUT2D eigenvalue weighted by molar-refractivity contribution is -0.136. The predicted molar refractivity (Wildman–Crippen MR) is 155 cm³/mol. The van der Waals surface area contributed by atoms with Crippen molar-refractivity contribution < 1.29 is 19.1 Å². The fourth-order valence-corrected chi connectivity index (χ4v) is 5.09. The molecule has 0 bridgehead atoms. The number of hydrogen-bond acceptors (Lipinski definition) is 4. The van der Waals surface area contributed by atoms with Gasteiger partial charge in [0.1, 0.15) is 18.1 Å². The van der Waals surface area contributed by atoms with E-state index in [0.717, 1.165) is 31.2 Å². The number of rotatable bonds is 6. The second-order valence-corrected chi connectivity index (χ2v) is 10.2. The Bertz CT molecular complexity index is 1220. The van der Waals surface area contributed by atoms with Crippen LogP contribution in [0.3, 0.4) is 0 Å². The van der Waals surface area contributed by atoms with Gasteiger partial charge in [0.05, 0.1) is 11.6 Å². The molecule has 3 aromatic carbocycles. The van der Waals surface area contributed by atoms with Gasteiger partial charge in [-0.1, -0.05) is 73.0 Å². The van der Waals surface area contributed by atoms with Gasteiger partial charge in [0.25, 0.3) is 11.8 Å². The van der Waals surface area contributed by atoms with E-state index in [9.17, 15) is 9.59 Å². The number of carbonyl (C=O) groups excluding carboxylic acids is 2. The third-order valence-corrected chi connectivity index (χ3v) is 7.26. The van der Waals surface area contributed by atoms with E-state index >= 15 is 0 Å². The van der Waals surface area contributed by atoms with Gasteiger partial charge < -0.3 is 19.3 Å². The zero-order chi connectivity index (χ0) is 27.5. The van der Waals surface area contributed by atoms with Crippen LogP contribution in [-0.2, 0) is 11.2 Å². The molecule has 0 saturated heterocycles. The third-order valence-electron chi connectivity index (χ3n) is 7.03. The lowest BCUT2D eigenvalue weighted by Gasteiger charge is -2.33. The molecular formula is C32H37ClN2O4. The summed E-state index contributed by atoms with van der Waals surface area (Å²) in [5.41, 5.74) is 1.67. The quantitative estimate of drug-likeness (QED) is 0.364. The van der Waals surface area contributed by atoms with E-state index in [-0.39, 0.29) is 31.1 Å². The smallest absolute Gasteiger partial charge is 0.260 e. The van der Waals surface area contributed by atoms with Crippen LogP contribution in [0.2, 0.25) is 5.02 Å². The van der Waals surface area contributed by atoms with E-state index in [1.165, 1.54) is 0 Å². The van der Waals surface area contributed by atoms with Gasteiger partial charge >= 0.3 is 0 Å². The second kappa shape index (κ2) is 14.6. The first kappa shape index (κ1) is 28.5. The lowest BCUT2D eigenvalue weighted by Crippen LogP contribution is -2.47. The van der Waals surface area contributed by atoms with E-state index in [4.69, 9.17) is 21.1 Å². The molecule has 39 heavy (non-hydrogen) atoms. The van der Waals surface area contributed by atoms with Crippen molar-refractivity contribution in [1.82, 2.24) is 9.80 Å². The molecule has 0 fully saturated rings. The average molecular weight is 549 g/mol. The lowest BCUT2D eigenvalue weighted by atomic mass is 10.0. The zero-order valence-corrected chi connectivity index (χ0v) is 23.3. The molecule has 0 unspecified atom stereocenters. The van der Waals surface area contributed by atoms with Gasteiger partial charge in [-0.05, 0) is 62.1 Å². The van der Waals surface area contributed by atoms with Crippen LogP contribution in [0.1, 0.15) is 48.5 Å². The summed E-state index contributed by atoms with van der Waals surface area (Å²) in [6.07, 6.45) is 4.38. The molecule has 206 valence electrons. The molecule has 3 aromatic rings. The molecule has 1 heterocycles. The topological polar surface area (TPSA) is 59.1 Å². The maximum atomic E-state index is 13.6. The number of halogens is 1. The van der Waals surface area contributed by atoms with Crippen molar-refractivity contribution in [3.05, 3.63) is 95.0 Å². The Kier molecular flexibility index (Phi) is 10.7. The summed E-state index contributed by atoms with van der Waals surface area (Å²) in [6.45, 7) is 4.14. The Morgan fingerprint density at radius 2 is 1.69 bits per heavy atom. The number of carbonyl (C=O) groups is 2. The molecule has 7 heteroatoms. The van der Waals surface area contributed by atoms with Gasteiger partial charge in [-0.15, -0.1) is 0 Å². The van der Waals surface area contributed by atoms with Crippen molar-refractivity contribution in [3.63, 3.8) is 0 Å². The molecule has 1 aliphatic heterocycles. The van der Waals surface area contributed by atoms with E-state index in [2.05, 4.69) is 12.1 Å². The SMILES string of the molecule is CCN1CCCCCCN(C(=O)COc2cccc(Cl)c2)[C@@H](Cc2ccccc2)COc2ccccc2C1=O. The molecule has 1 aliphatic rings. The zero-order valence-electron chi connectivity index (χ0n) is 22.6. The minimum atomic E-state index is -0.240. The minimum absolute atomic E-state index is 0.0207. The summed E-state index contributed by atoms with van der Waals surface area (Å²) in [5.74, 6) is 0.973. The van der Waals surface area contributed by atoms with Crippen molar-refractivity contribution >= 4 is 23.4 Å². The van der Waals surface area contributed by atoms with Gasteiger partial charge in [0.15, 0.2) is 6.61 Å². The summed E-state index contributed by atoms with van der Waals surface area (Å²) < 4.78 is 12.2. The molecule has 4 rings (SSSR count). The van der Waals surface area contributed by atoms with Crippen molar-refractivity contribution in [2.45, 2.75) is 45.1 Å². The van der Waals surface area contributed by atoms with Crippen LogP contribution in [0.4, 0.5) is 0 Å². The van der Waals surface area contributed by atoms with Gasteiger partial charge in [-0.2, -0.15) is 0 Å². The summed E-state index contributed by atoms with van der Waals surface area (Å²) >= 11 is 6.10. The minimum Gasteiger partial charge on any atom is -0.491 e. The van der Waals surface area contributed by atoms with Gasteiger partial charge in [0, 0.05) is 24.7 Å². The Hall–Kier alpha value is -3.51. The van der Waals surface area contributed by atoms with Crippen molar-refractivity contribution in [3.8, 4) is 11.5 Å². The molecule has 2 amide bonds. The number of ether oxygens (including phenoxy) is 2. The van der Waals surface area contributed by atoms with Crippen LogP contribution in [-0.4, -0.2) is 60.5 Å². The third kappa shape index (κ3) is 8.24. The predicted octanol–water partition coefficient (Wildman–Crippen LogP) is 6.27. The fraction of sp³-hybridized carbons (Fsp3) is 0.375. The van der Waals surface area contributed by atoms with Crippen LogP contribution in [0.5, 0.6) is 11.5 Å². The van der Waals surface area contributed by atoms with Crippen LogP contribution < -0.4 is 9.47 Å². The van der Waals surface area contributed by atoms with Crippen molar-refractivity contribution in [1.29, 1.82) is 0 Å². The maximum Gasteiger partial charge on any atom is 0.260 e. The summed E-state index contributed by atoms with van der Waals surface area (Å²) in [7, 11) is 0. The molecule has 1 atom stereocenters. The Morgan fingerprint density at radius 3 is 2.46 bits per heavy atom. The molecule has 0 saturated carbocycles. The van der Waals surface area contributed by atoms with Gasteiger partial charge in [-0.25, -0.2) is 0 Å². The van der Waals surface area contributed by atoms with Gasteiger partial charge in [0.2, 0.25) is 0 Å². The highest BCUT2D eigenvalue weighted by Gasteiger charge is 2.27. The van der Waals surface area contributed by atoms with Gasteiger partial charge in [-0.3, -0.25) is 9.59 Å². The van der Waals surface area contributed by atoms with E-state index in [0.29, 0.717) is 48.1 Å². The first-order valence-corrected chi connectivity index (χ1v) is 14.2. The highest BCUT2D eigenvalue weighted by Crippen LogP contribution is 2.23. The molecule has 0 aliphatic carbocycles. The average Bonchev–Trinajstić information content (AvgIpc) is 2.96. The van der Waals surface area contributed by atoms with E-state index in [1.807, 2.05) is 59.2 Å². The van der Waals surface area contributed by atoms with Crippen LogP contribution >= 0.6 is 11.6 Å². The Labute approximate surface area is 236 Å². The number of fused-ring (bicyclic) bond motifs is 1. The second-order valence-electron chi connectivity index (χ2n) is 9.78. The monoisotopic (exact) mass is 548 g/mol. The Balaban J connectivity index is 1.60. The first-order valence-electron chi connectivity index (χ1n) is 13.8. The Morgan fingerprint density at radius 1 is 0.949 bits per heavy atom. The highest BCUT2D eigenvalue weighted by molar-refractivity contribution is 6.30. The normalized spacial score (nSPS) is 17.1. The van der Waals surface area contributed by atoms with Crippen molar-refractivity contribution in [2.24, 2.45) is 0 Å². The van der Waals surface area contributed by atoms with E-state index < -0.39 is 0 Å². The number of benzene rings is 3. The number of para-hydroxylation sites is 1. The molecule has 0 N–H and O–H groups in total. The molecule has 0 aromatic heterocycles. The largest absolute Gasteiger partial charge is 0.491 e. The summed E-state index contributed by atoms with van der Waals surface area (Å²) in [4.78, 5) is 30.8. The molecule has 0 radical (unpaired) electrons. The molecule has 6 nitrogen and oxygen atoms in total. The highest BCUT2D eigenvalue weighted by atomic mass is 35.5. The number of hydrogen-bond donors (Lipinski definition) is 0. The molecule has 0 spiro atoms. The van der Waals surface area contributed by atoms with E-state index in [1.54, 1.807) is 24.3 Å². The van der Waals surface area contributed by atoms with Crippen LogP contribution in [0, 0.1) is 0 Å². The summed E-state index contributed by atoms with van der Waals surface area (Å²) in [5, 5.41) is 0.559. The molecular weight excluding hydrogens is 512 g/mol.